The number of benzene rings is 2. The lowest BCUT2D eigenvalue weighted by atomic mass is 10.1. The van der Waals surface area contributed by atoms with E-state index < -0.39 is 0 Å². The van der Waals surface area contributed by atoms with E-state index >= 15 is 0 Å². The highest BCUT2D eigenvalue weighted by atomic mass is 35.5. The molecule has 0 saturated heterocycles. The largest absolute Gasteiger partial charge is 0.508 e. The predicted molar refractivity (Wildman–Crippen MR) is 97.3 cm³/mol. The van der Waals surface area contributed by atoms with Crippen LogP contribution in [0.3, 0.4) is 0 Å². The van der Waals surface area contributed by atoms with E-state index in [-0.39, 0.29) is 21.9 Å². The molecule has 2 rings (SSSR count). The zero-order chi connectivity index (χ0) is 17.5. The molecule has 2 aromatic carbocycles. The molecule has 0 heterocycles. The number of ether oxygens (including phenoxy) is 1. The van der Waals surface area contributed by atoms with Gasteiger partial charge in [-0.3, -0.25) is 0 Å². The van der Waals surface area contributed by atoms with Crippen molar-refractivity contribution in [1.29, 1.82) is 0 Å². The van der Waals surface area contributed by atoms with Crippen LogP contribution in [0.4, 0.5) is 0 Å². The Morgan fingerprint density at radius 3 is 2.38 bits per heavy atom. The quantitative estimate of drug-likeness (QED) is 0.524. The number of aromatic hydroxyl groups is 1. The van der Waals surface area contributed by atoms with E-state index in [1.165, 1.54) is 12.1 Å². The van der Waals surface area contributed by atoms with Crippen LogP contribution in [0.2, 0.25) is 10.0 Å². The van der Waals surface area contributed by atoms with Crippen molar-refractivity contribution in [3.05, 3.63) is 57.6 Å². The summed E-state index contributed by atoms with van der Waals surface area (Å²) in [5.41, 5.74) is 1.89. The van der Waals surface area contributed by atoms with E-state index in [0.29, 0.717) is 12.4 Å². The highest BCUT2D eigenvalue weighted by Crippen LogP contribution is 2.36. The van der Waals surface area contributed by atoms with Gasteiger partial charge in [-0.25, -0.2) is 0 Å². The molecule has 0 aliphatic rings. The molecule has 1 atom stereocenters. The van der Waals surface area contributed by atoms with Gasteiger partial charge in [0, 0.05) is 12.1 Å². The predicted octanol–water partition coefficient (Wildman–Crippen LogP) is 5.43. The lowest BCUT2D eigenvalue weighted by molar-refractivity contribution is 0.0712. The normalized spacial score (nSPS) is 12.3. The molecule has 6 heteroatoms. The molecule has 24 heavy (non-hydrogen) atoms. The summed E-state index contributed by atoms with van der Waals surface area (Å²) in [6, 6.07) is 10.5. The van der Waals surface area contributed by atoms with Gasteiger partial charge in [0.1, 0.15) is 18.5 Å². The third-order valence-corrected chi connectivity index (χ3v) is 3.92. The second-order valence-electron chi connectivity index (χ2n) is 5.33. The van der Waals surface area contributed by atoms with Crippen molar-refractivity contribution in [2.24, 2.45) is 5.16 Å². The maximum absolute atomic E-state index is 9.41. The minimum Gasteiger partial charge on any atom is -0.508 e. The summed E-state index contributed by atoms with van der Waals surface area (Å²) in [6.07, 6.45) is 2.69. The van der Waals surface area contributed by atoms with Gasteiger partial charge in [0.05, 0.1) is 16.3 Å². The van der Waals surface area contributed by atoms with Crippen LogP contribution in [-0.2, 0) is 11.4 Å². The summed E-state index contributed by atoms with van der Waals surface area (Å²) in [6.45, 7) is 4.32. The summed E-state index contributed by atoms with van der Waals surface area (Å²) in [5, 5.41) is 13.9. The van der Waals surface area contributed by atoms with Gasteiger partial charge in [0.25, 0.3) is 0 Å². The highest BCUT2D eigenvalue weighted by Gasteiger charge is 2.09. The number of oxime groups is 1. The van der Waals surface area contributed by atoms with Crippen LogP contribution in [0.1, 0.15) is 31.4 Å². The van der Waals surface area contributed by atoms with Gasteiger partial charge >= 0.3 is 0 Å². The average molecular weight is 368 g/mol. The van der Waals surface area contributed by atoms with Gasteiger partial charge in [-0.2, -0.15) is 0 Å². The fraction of sp³-hybridized carbons (Fsp3) is 0.278. The Morgan fingerprint density at radius 2 is 1.79 bits per heavy atom. The van der Waals surface area contributed by atoms with Crippen molar-refractivity contribution in [3.8, 4) is 11.5 Å². The molecule has 1 unspecified atom stereocenters. The first-order chi connectivity index (χ1) is 11.5. The van der Waals surface area contributed by atoms with Crippen molar-refractivity contribution in [1.82, 2.24) is 0 Å². The molecule has 1 N–H and O–H groups in total. The van der Waals surface area contributed by atoms with E-state index in [2.05, 4.69) is 5.16 Å². The Bertz CT molecular complexity index is 679. The number of halogens is 2. The first kappa shape index (κ1) is 18.4. The van der Waals surface area contributed by atoms with Crippen LogP contribution >= 0.6 is 23.2 Å². The van der Waals surface area contributed by atoms with Crippen molar-refractivity contribution < 1.29 is 14.7 Å². The SMILES string of the molecule is CCC(C)ON=Cc1ccc(COc2c(Cl)cc(O)cc2Cl)cc1. The topological polar surface area (TPSA) is 51.0 Å². The summed E-state index contributed by atoms with van der Waals surface area (Å²) >= 11 is 12.0. The Labute approximate surface area is 151 Å². The van der Waals surface area contributed by atoms with Gasteiger partial charge in [-0.05, 0) is 24.5 Å². The lowest BCUT2D eigenvalue weighted by Crippen LogP contribution is -2.01. The Kier molecular flexibility index (Phi) is 6.76. The number of phenolic OH excluding ortho intramolecular Hbond substituents is 1. The van der Waals surface area contributed by atoms with E-state index in [0.717, 1.165) is 17.5 Å². The van der Waals surface area contributed by atoms with Crippen LogP contribution in [0.25, 0.3) is 0 Å². The molecule has 0 spiro atoms. The van der Waals surface area contributed by atoms with E-state index in [4.69, 9.17) is 32.8 Å². The number of rotatable bonds is 7. The van der Waals surface area contributed by atoms with E-state index in [1.807, 2.05) is 38.1 Å². The van der Waals surface area contributed by atoms with Crippen LogP contribution < -0.4 is 4.74 Å². The van der Waals surface area contributed by atoms with Crippen LogP contribution in [0, 0.1) is 0 Å². The summed E-state index contributed by atoms with van der Waals surface area (Å²) < 4.78 is 5.64. The lowest BCUT2D eigenvalue weighted by Gasteiger charge is -2.10. The zero-order valence-electron chi connectivity index (χ0n) is 13.5. The van der Waals surface area contributed by atoms with Crippen molar-refractivity contribution >= 4 is 29.4 Å². The molecule has 4 nitrogen and oxygen atoms in total. The zero-order valence-corrected chi connectivity index (χ0v) is 15.0. The maximum atomic E-state index is 9.41. The summed E-state index contributed by atoms with van der Waals surface area (Å²) in [4.78, 5) is 5.26. The Balaban J connectivity index is 1.95. The molecular formula is C18H19Cl2NO3. The van der Waals surface area contributed by atoms with Crippen LogP contribution in [-0.4, -0.2) is 17.4 Å². The number of hydrogen-bond acceptors (Lipinski definition) is 4. The molecule has 0 amide bonds. The van der Waals surface area contributed by atoms with Gasteiger partial charge in [-0.15, -0.1) is 0 Å². The molecule has 0 aliphatic carbocycles. The monoisotopic (exact) mass is 367 g/mol. The van der Waals surface area contributed by atoms with Crippen molar-refractivity contribution in [2.45, 2.75) is 33.0 Å². The molecular weight excluding hydrogens is 349 g/mol. The fourth-order valence-electron chi connectivity index (χ4n) is 1.81. The molecule has 2 aromatic rings. The molecule has 0 saturated carbocycles. The smallest absolute Gasteiger partial charge is 0.157 e. The minimum atomic E-state index is 0.000556. The number of nitrogens with zero attached hydrogens (tertiary/aromatic N) is 1. The molecule has 0 aliphatic heterocycles. The average Bonchev–Trinajstić information content (AvgIpc) is 2.55. The van der Waals surface area contributed by atoms with Crippen molar-refractivity contribution in [2.75, 3.05) is 0 Å². The maximum Gasteiger partial charge on any atom is 0.157 e. The third kappa shape index (κ3) is 5.32. The van der Waals surface area contributed by atoms with Gasteiger partial charge < -0.3 is 14.7 Å². The van der Waals surface area contributed by atoms with Gasteiger partial charge in [0.2, 0.25) is 0 Å². The summed E-state index contributed by atoms with van der Waals surface area (Å²) in [5.74, 6) is 0.351. The minimum absolute atomic E-state index is 0.000556. The fourth-order valence-corrected chi connectivity index (χ4v) is 2.39. The molecule has 0 radical (unpaired) electrons. The van der Waals surface area contributed by atoms with Crippen LogP contribution in [0.5, 0.6) is 11.5 Å². The molecule has 0 fully saturated rings. The Hall–Kier alpha value is -1.91. The summed E-state index contributed by atoms with van der Waals surface area (Å²) in [7, 11) is 0. The first-order valence-electron chi connectivity index (χ1n) is 7.58. The third-order valence-electron chi connectivity index (χ3n) is 3.36. The highest BCUT2D eigenvalue weighted by molar-refractivity contribution is 6.37. The number of phenols is 1. The standard InChI is InChI=1S/C18H19Cl2NO3/c1-3-12(2)24-21-10-13-4-6-14(7-5-13)11-23-18-16(19)8-15(22)9-17(18)20/h4-10,12,22H,3,11H2,1-2H3. The number of hydrogen-bond donors (Lipinski definition) is 1. The van der Waals surface area contributed by atoms with Crippen LogP contribution in [0.15, 0.2) is 41.6 Å². The van der Waals surface area contributed by atoms with E-state index in [1.54, 1.807) is 6.21 Å². The second kappa shape index (κ2) is 8.81. The first-order valence-corrected chi connectivity index (χ1v) is 8.34. The van der Waals surface area contributed by atoms with Gasteiger partial charge in [-0.1, -0.05) is 59.5 Å². The van der Waals surface area contributed by atoms with Gasteiger partial charge in [0.15, 0.2) is 5.75 Å². The molecule has 0 bridgehead atoms. The Morgan fingerprint density at radius 1 is 1.17 bits per heavy atom. The second-order valence-corrected chi connectivity index (χ2v) is 6.14. The van der Waals surface area contributed by atoms with Crippen molar-refractivity contribution in [3.63, 3.8) is 0 Å². The molecule has 128 valence electrons. The molecule has 0 aromatic heterocycles. The van der Waals surface area contributed by atoms with E-state index in [9.17, 15) is 5.11 Å².